The Balaban J connectivity index is 2.05. The molecule has 0 aliphatic heterocycles. The molecule has 1 heterocycles. The average molecular weight is 268 g/mol. The van der Waals surface area contributed by atoms with E-state index in [0.717, 1.165) is 0 Å². The molecule has 0 unspecified atom stereocenters. The summed E-state index contributed by atoms with van der Waals surface area (Å²) >= 11 is 5.78. The monoisotopic (exact) mass is 267 g/mol. The zero-order valence-corrected chi connectivity index (χ0v) is 10.3. The van der Waals surface area contributed by atoms with Crippen LogP contribution in [0.25, 0.3) is 0 Å². The summed E-state index contributed by atoms with van der Waals surface area (Å²) in [5.41, 5.74) is 6.17. The van der Waals surface area contributed by atoms with Gasteiger partial charge < -0.3 is 10.5 Å². The Morgan fingerprint density at radius 3 is 3.00 bits per heavy atom. The van der Waals surface area contributed by atoms with Gasteiger partial charge in [-0.25, -0.2) is 4.79 Å². The molecule has 2 rings (SSSR count). The minimum Gasteiger partial charge on any atom is -0.454 e. The molecule has 2 N–H and O–H groups in total. The van der Waals surface area contributed by atoms with E-state index < -0.39 is 5.97 Å². The van der Waals surface area contributed by atoms with E-state index in [9.17, 15) is 4.79 Å². The van der Waals surface area contributed by atoms with Crippen LogP contribution in [0.3, 0.4) is 0 Å². The van der Waals surface area contributed by atoms with Crippen LogP contribution in [0.5, 0.6) is 0 Å². The first-order chi connectivity index (χ1) is 8.56. The van der Waals surface area contributed by atoms with Gasteiger partial charge in [-0.1, -0.05) is 11.6 Å². The van der Waals surface area contributed by atoms with Gasteiger partial charge >= 0.3 is 5.97 Å². The Morgan fingerprint density at radius 2 is 2.33 bits per heavy atom. The molecule has 0 aliphatic carbocycles. The minimum atomic E-state index is -0.581. The number of hydrogen-bond donors (Lipinski definition) is 1. The number of carbonyl (C=O) groups is 1. The average Bonchev–Trinajstić information content (AvgIpc) is 2.75. The van der Waals surface area contributed by atoms with Crippen LogP contribution in [0.15, 0.2) is 18.2 Å². The van der Waals surface area contributed by atoms with E-state index in [2.05, 4.69) is 15.4 Å². The van der Waals surface area contributed by atoms with Gasteiger partial charge in [-0.05, 0) is 23.4 Å². The third-order valence-electron chi connectivity index (χ3n) is 2.12. The van der Waals surface area contributed by atoms with E-state index in [-0.39, 0.29) is 12.2 Å². The van der Waals surface area contributed by atoms with E-state index in [4.69, 9.17) is 22.1 Å². The molecule has 94 valence electrons. The molecule has 2 aromatic rings. The third-order valence-corrected chi connectivity index (χ3v) is 2.35. The van der Waals surface area contributed by atoms with Crippen molar-refractivity contribution in [3.05, 3.63) is 34.6 Å². The number of tetrazole rings is 1. The predicted molar refractivity (Wildman–Crippen MR) is 63.8 cm³/mol. The largest absolute Gasteiger partial charge is 0.454 e. The smallest absolute Gasteiger partial charge is 0.340 e. The maximum Gasteiger partial charge on any atom is 0.340 e. The number of aromatic nitrogens is 4. The highest BCUT2D eigenvalue weighted by molar-refractivity contribution is 6.31. The van der Waals surface area contributed by atoms with Gasteiger partial charge in [0.05, 0.1) is 12.6 Å². The summed E-state index contributed by atoms with van der Waals surface area (Å²) in [6.45, 7) is -0.0708. The van der Waals surface area contributed by atoms with E-state index in [1.165, 1.54) is 10.9 Å². The van der Waals surface area contributed by atoms with Gasteiger partial charge in [0.1, 0.15) is 0 Å². The Hall–Kier alpha value is -2.15. The van der Waals surface area contributed by atoms with Gasteiger partial charge in [0.15, 0.2) is 6.61 Å². The molecule has 0 radical (unpaired) electrons. The predicted octanol–water partition coefficient (Wildman–Crippen LogP) is 0.803. The standard InChI is InChI=1S/C10H10ClN5O2/c1-16-14-9(13-15-16)5-18-10(17)7-4-6(11)2-3-8(7)12/h2-4H,5,12H2,1H3. The number of carbonyl (C=O) groups excluding carboxylic acids is 1. The SMILES string of the molecule is Cn1nnc(COC(=O)c2cc(Cl)ccc2N)n1. The van der Waals surface area contributed by atoms with Crippen LogP contribution in [0.4, 0.5) is 5.69 Å². The van der Waals surface area contributed by atoms with Crippen molar-refractivity contribution in [2.45, 2.75) is 6.61 Å². The first-order valence-electron chi connectivity index (χ1n) is 5.01. The number of rotatable bonds is 3. The van der Waals surface area contributed by atoms with Gasteiger partial charge in [0.25, 0.3) is 0 Å². The van der Waals surface area contributed by atoms with Crippen LogP contribution in [0.2, 0.25) is 5.02 Å². The third kappa shape index (κ3) is 2.75. The molecule has 0 spiro atoms. The maximum absolute atomic E-state index is 11.8. The number of anilines is 1. The number of nitrogens with zero attached hydrogens (tertiary/aromatic N) is 4. The summed E-state index contributed by atoms with van der Waals surface area (Å²) in [4.78, 5) is 13.0. The van der Waals surface area contributed by atoms with Crippen LogP contribution in [0, 0.1) is 0 Å². The number of ether oxygens (including phenoxy) is 1. The van der Waals surface area contributed by atoms with Crippen molar-refractivity contribution < 1.29 is 9.53 Å². The summed E-state index contributed by atoms with van der Waals surface area (Å²) in [6.07, 6.45) is 0. The molecular weight excluding hydrogens is 258 g/mol. The van der Waals surface area contributed by atoms with Crippen molar-refractivity contribution in [3.63, 3.8) is 0 Å². The van der Waals surface area contributed by atoms with Crippen molar-refractivity contribution in [1.29, 1.82) is 0 Å². The van der Waals surface area contributed by atoms with Crippen molar-refractivity contribution in [1.82, 2.24) is 20.2 Å². The highest BCUT2D eigenvalue weighted by atomic mass is 35.5. The zero-order chi connectivity index (χ0) is 13.1. The summed E-state index contributed by atoms with van der Waals surface area (Å²) in [5, 5.41) is 11.6. The summed E-state index contributed by atoms with van der Waals surface area (Å²) in [7, 11) is 1.62. The molecule has 7 nitrogen and oxygen atoms in total. The lowest BCUT2D eigenvalue weighted by Gasteiger charge is -2.05. The van der Waals surface area contributed by atoms with E-state index in [1.807, 2.05) is 0 Å². The first-order valence-corrected chi connectivity index (χ1v) is 5.39. The number of hydrogen-bond acceptors (Lipinski definition) is 6. The molecule has 0 aliphatic rings. The molecular formula is C10H10ClN5O2. The zero-order valence-electron chi connectivity index (χ0n) is 9.50. The van der Waals surface area contributed by atoms with Crippen LogP contribution in [-0.4, -0.2) is 26.2 Å². The second-order valence-electron chi connectivity index (χ2n) is 3.50. The molecule has 0 atom stereocenters. The van der Waals surface area contributed by atoms with Gasteiger partial charge in [-0.2, -0.15) is 4.80 Å². The minimum absolute atomic E-state index is 0.0708. The van der Waals surface area contributed by atoms with Gasteiger partial charge in [0, 0.05) is 10.7 Å². The van der Waals surface area contributed by atoms with Crippen molar-refractivity contribution in [2.75, 3.05) is 5.73 Å². The molecule has 0 saturated heterocycles. The Morgan fingerprint density at radius 1 is 1.56 bits per heavy atom. The lowest BCUT2D eigenvalue weighted by Crippen LogP contribution is -2.09. The Bertz CT molecular complexity index is 583. The van der Waals surface area contributed by atoms with E-state index >= 15 is 0 Å². The second-order valence-corrected chi connectivity index (χ2v) is 3.94. The van der Waals surface area contributed by atoms with E-state index in [1.54, 1.807) is 19.2 Å². The number of nitrogens with two attached hydrogens (primary N) is 1. The summed E-state index contributed by atoms with van der Waals surface area (Å²) in [5.74, 6) is -0.270. The Labute approximate surface area is 107 Å². The molecule has 0 saturated carbocycles. The van der Waals surface area contributed by atoms with Crippen molar-refractivity contribution in [2.24, 2.45) is 7.05 Å². The number of aryl methyl sites for hydroxylation is 1. The van der Waals surface area contributed by atoms with Crippen LogP contribution >= 0.6 is 11.6 Å². The molecule has 0 amide bonds. The fourth-order valence-electron chi connectivity index (χ4n) is 1.29. The molecule has 0 fully saturated rings. The molecule has 1 aromatic heterocycles. The summed E-state index contributed by atoms with van der Waals surface area (Å²) in [6, 6.07) is 4.58. The topological polar surface area (TPSA) is 95.9 Å². The van der Waals surface area contributed by atoms with Gasteiger partial charge in [-0.3, -0.25) is 0 Å². The molecule has 1 aromatic carbocycles. The number of esters is 1. The van der Waals surface area contributed by atoms with Gasteiger partial charge in [0.2, 0.25) is 5.82 Å². The molecule has 8 heteroatoms. The normalized spacial score (nSPS) is 10.3. The molecule has 0 bridgehead atoms. The molecule has 18 heavy (non-hydrogen) atoms. The highest BCUT2D eigenvalue weighted by Gasteiger charge is 2.13. The lowest BCUT2D eigenvalue weighted by atomic mass is 10.2. The van der Waals surface area contributed by atoms with Crippen molar-refractivity contribution >= 4 is 23.3 Å². The number of benzene rings is 1. The fraction of sp³-hybridized carbons (Fsp3) is 0.200. The van der Waals surface area contributed by atoms with Crippen LogP contribution in [0.1, 0.15) is 16.2 Å². The summed E-state index contributed by atoms with van der Waals surface area (Å²) < 4.78 is 5.01. The van der Waals surface area contributed by atoms with Crippen LogP contribution in [-0.2, 0) is 18.4 Å². The lowest BCUT2D eigenvalue weighted by molar-refractivity contribution is 0.0463. The fourth-order valence-corrected chi connectivity index (χ4v) is 1.47. The van der Waals surface area contributed by atoms with Gasteiger partial charge in [-0.15, -0.1) is 10.2 Å². The van der Waals surface area contributed by atoms with Crippen LogP contribution < -0.4 is 5.73 Å². The quantitative estimate of drug-likeness (QED) is 0.653. The number of halogens is 1. The highest BCUT2D eigenvalue weighted by Crippen LogP contribution is 2.18. The number of nitrogen functional groups attached to an aromatic ring is 1. The van der Waals surface area contributed by atoms with Crippen molar-refractivity contribution in [3.8, 4) is 0 Å². The Kier molecular flexibility index (Phi) is 3.42. The first kappa shape index (κ1) is 12.3. The second kappa shape index (κ2) is 5.01. The maximum atomic E-state index is 11.8. The van der Waals surface area contributed by atoms with E-state index in [0.29, 0.717) is 16.5 Å².